The minimum Gasteiger partial charge on any atom is -0.313 e. The van der Waals surface area contributed by atoms with Gasteiger partial charge in [0.15, 0.2) is 5.78 Å². The van der Waals surface area contributed by atoms with Gasteiger partial charge in [-0.25, -0.2) is 13.1 Å². The Balaban J connectivity index is 2.21. The van der Waals surface area contributed by atoms with Gasteiger partial charge in [-0.3, -0.25) is 4.79 Å². The summed E-state index contributed by atoms with van der Waals surface area (Å²) < 4.78 is 27.5. The number of Topliss-reactive ketones (excluding diaryl/α,β-unsaturated/α-hetero) is 1. The number of carbonyl (C=O) groups is 1. The summed E-state index contributed by atoms with van der Waals surface area (Å²) in [7, 11) is -3.59. The second kappa shape index (κ2) is 6.03. The van der Waals surface area contributed by atoms with Gasteiger partial charge in [0.25, 0.3) is 0 Å². The molecule has 1 aliphatic rings. The van der Waals surface area contributed by atoms with Crippen LogP contribution < -0.4 is 10.0 Å². The van der Waals surface area contributed by atoms with Crippen LogP contribution in [-0.2, 0) is 10.0 Å². The molecule has 2 N–H and O–H groups in total. The van der Waals surface area contributed by atoms with Crippen molar-refractivity contribution >= 4 is 15.8 Å². The molecule has 1 fully saturated rings. The van der Waals surface area contributed by atoms with Gasteiger partial charge in [0.05, 0.1) is 4.90 Å². The van der Waals surface area contributed by atoms with E-state index in [4.69, 9.17) is 0 Å². The smallest absolute Gasteiger partial charge is 0.240 e. The maximum Gasteiger partial charge on any atom is 0.240 e. The van der Waals surface area contributed by atoms with Crippen LogP contribution in [0.25, 0.3) is 0 Å². The highest BCUT2D eigenvalue weighted by Crippen LogP contribution is 2.16. The fourth-order valence-corrected chi connectivity index (χ4v) is 3.75. The molecule has 0 amide bonds. The minimum atomic E-state index is -3.59. The summed E-state index contributed by atoms with van der Waals surface area (Å²) in [5, 5.41) is 3.25. The molecule has 1 aliphatic heterocycles. The van der Waals surface area contributed by atoms with Crippen molar-refractivity contribution in [2.75, 3.05) is 6.54 Å². The van der Waals surface area contributed by atoms with Crippen molar-refractivity contribution in [1.29, 1.82) is 0 Å². The molecule has 1 aromatic carbocycles. The molecular weight excluding hydrogens is 276 g/mol. The summed E-state index contributed by atoms with van der Waals surface area (Å²) in [5.41, 5.74) is 0.405. The topological polar surface area (TPSA) is 75.3 Å². The first kappa shape index (κ1) is 15.2. The number of rotatable bonds is 4. The van der Waals surface area contributed by atoms with E-state index in [0.717, 1.165) is 19.4 Å². The van der Waals surface area contributed by atoms with E-state index in [1.165, 1.54) is 19.1 Å². The average molecular weight is 296 g/mol. The normalized spacial score (nSPS) is 23.5. The largest absolute Gasteiger partial charge is 0.313 e. The second-order valence-corrected chi connectivity index (χ2v) is 6.91. The number of nitrogens with one attached hydrogen (secondary N) is 2. The standard InChI is InChI=1S/C14H20N2O3S/c1-10-14(7-4-8-15-10)16-20(18,19)13-6-3-5-12(9-13)11(2)17/h3,5-6,9-10,14-16H,4,7-8H2,1-2H3. The zero-order valence-electron chi connectivity index (χ0n) is 11.7. The molecular formula is C14H20N2O3S. The van der Waals surface area contributed by atoms with Gasteiger partial charge in [-0.15, -0.1) is 0 Å². The van der Waals surface area contributed by atoms with Crippen molar-refractivity contribution in [3.05, 3.63) is 29.8 Å². The van der Waals surface area contributed by atoms with Crippen LogP contribution >= 0.6 is 0 Å². The van der Waals surface area contributed by atoms with Crippen LogP contribution in [-0.4, -0.2) is 32.8 Å². The first-order chi connectivity index (χ1) is 9.40. The van der Waals surface area contributed by atoms with Gasteiger partial charge in [0.1, 0.15) is 0 Å². The second-order valence-electron chi connectivity index (χ2n) is 5.20. The maximum absolute atomic E-state index is 12.4. The Hall–Kier alpha value is -1.24. The molecule has 5 nitrogen and oxygen atoms in total. The Morgan fingerprint density at radius 1 is 1.40 bits per heavy atom. The minimum absolute atomic E-state index is 0.106. The van der Waals surface area contributed by atoms with Gasteiger partial charge in [-0.05, 0) is 45.4 Å². The van der Waals surface area contributed by atoms with Gasteiger partial charge in [-0.1, -0.05) is 12.1 Å². The molecule has 110 valence electrons. The fourth-order valence-electron chi connectivity index (χ4n) is 2.35. The molecule has 2 rings (SSSR count). The SMILES string of the molecule is CC(=O)c1cccc(S(=O)(=O)NC2CCCNC2C)c1. The zero-order chi connectivity index (χ0) is 14.8. The van der Waals surface area contributed by atoms with Gasteiger partial charge >= 0.3 is 0 Å². The highest BCUT2D eigenvalue weighted by Gasteiger charge is 2.26. The van der Waals surface area contributed by atoms with Crippen LogP contribution in [0, 0.1) is 0 Å². The van der Waals surface area contributed by atoms with E-state index in [0.29, 0.717) is 5.56 Å². The summed E-state index contributed by atoms with van der Waals surface area (Å²) >= 11 is 0. The lowest BCUT2D eigenvalue weighted by atomic mass is 10.0. The molecule has 0 spiro atoms. The number of sulfonamides is 1. The quantitative estimate of drug-likeness (QED) is 0.821. The third-order valence-electron chi connectivity index (χ3n) is 3.62. The molecule has 1 heterocycles. The molecule has 6 heteroatoms. The first-order valence-corrected chi connectivity index (χ1v) is 8.25. The molecule has 20 heavy (non-hydrogen) atoms. The lowest BCUT2D eigenvalue weighted by Gasteiger charge is -2.30. The third kappa shape index (κ3) is 3.45. The van der Waals surface area contributed by atoms with E-state index in [1.54, 1.807) is 12.1 Å². The number of piperidine rings is 1. The Morgan fingerprint density at radius 3 is 2.80 bits per heavy atom. The molecule has 1 aromatic rings. The van der Waals surface area contributed by atoms with Crippen molar-refractivity contribution in [2.45, 2.75) is 43.7 Å². The summed E-state index contributed by atoms with van der Waals surface area (Å²) in [4.78, 5) is 11.5. The Bertz CT molecular complexity index is 598. The predicted molar refractivity (Wildman–Crippen MR) is 77.3 cm³/mol. The van der Waals surface area contributed by atoms with Gasteiger partial charge in [-0.2, -0.15) is 0 Å². The van der Waals surface area contributed by atoms with Crippen molar-refractivity contribution in [3.63, 3.8) is 0 Å². The Labute approximate surface area is 119 Å². The number of ketones is 1. The van der Waals surface area contributed by atoms with Crippen molar-refractivity contribution in [2.24, 2.45) is 0 Å². The molecule has 0 aliphatic carbocycles. The van der Waals surface area contributed by atoms with E-state index in [1.807, 2.05) is 6.92 Å². The van der Waals surface area contributed by atoms with Crippen molar-refractivity contribution < 1.29 is 13.2 Å². The van der Waals surface area contributed by atoms with Gasteiger partial charge in [0.2, 0.25) is 10.0 Å². The summed E-state index contributed by atoms with van der Waals surface area (Å²) in [6, 6.07) is 6.13. The molecule has 0 saturated carbocycles. The summed E-state index contributed by atoms with van der Waals surface area (Å²) in [6.45, 7) is 4.31. The molecule has 2 unspecified atom stereocenters. The zero-order valence-corrected chi connectivity index (χ0v) is 12.5. The van der Waals surface area contributed by atoms with Crippen LogP contribution in [0.2, 0.25) is 0 Å². The molecule has 2 atom stereocenters. The molecule has 1 saturated heterocycles. The van der Waals surface area contributed by atoms with Crippen LogP contribution in [0.15, 0.2) is 29.2 Å². The Morgan fingerprint density at radius 2 is 2.15 bits per heavy atom. The molecule has 0 radical (unpaired) electrons. The number of carbonyl (C=O) groups excluding carboxylic acids is 1. The van der Waals surface area contributed by atoms with Crippen LogP contribution in [0.5, 0.6) is 0 Å². The van der Waals surface area contributed by atoms with E-state index in [9.17, 15) is 13.2 Å². The van der Waals surface area contributed by atoms with Crippen LogP contribution in [0.4, 0.5) is 0 Å². The highest BCUT2D eigenvalue weighted by atomic mass is 32.2. The highest BCUT2D eigenvalue weighted by molar-refractivity contribution is 7.89. The van der Waals surface area contributed by atoms with Gasteiger partial charge < -0.3 is 5.32 Å². The summed E-state index contributed by atoms with van der Waals surface area (Å²) in [6.07, 6.45) is 1.77. The third-order valence-corrected chi connectivity index (χ3v) is 5.11. The predicted octanol–water partition coefficient (Wildman–Crippen LogP) is 1.31. The lowest BCUT2D eigenvalue weighted by molar-refractivity contribution is 0.101. The fraction of sp³-hybridized carbons (Fsp3) is 0.500. The first-order valence-electron chi connectivity index (χ1n) is 6.77. The maximum atomic E-state index is 12.4. The van der Waals surface area contributed by atoms with Crippen molar-refractivity contribution in [3.8, 4) is 0 Å². The average Bonchev–Trinajstić information content (AvgIpc) is 2.41. The lowest BCUT2D eigenvalue weighted by Crippen LogP contribution is -2.51. The summed E-state index contributed by atoms with van der Waals surface area (Å²) in [5.74, 6) is -0.144. The number of benzene rings is 1. The molecule has 0 bridgehead atoms. The van der Waals surface area contributed by atoms with Gasteiger partial charge in [0, 0.05) is 17.6 Å². The van der Waals surface area contributed by atoms with Crippen LogP contribution in [0.1, 0.15) is 37.0 Å². The monoisotopic (exact) mass is 296 g/mol. The Kier molecular flexibility index (Phi) is 4.57. The number of hydrogen-bond donors (Lipinski definition) is 2. The van der Waals surface area contributed by atoms with E-state index in [-0.39, 0.29) is 22.8 Å². The van der Waals surface area contributed by atoms with E-state index in [2.05, 4.69) is 10.0 Å². The number of hydrogen-bond acceptors (Lipinski definition) is 4. The van der Waals surface area contributed by atoms with Crippen LogP contribution in [0.3, 0.4) is 0 Å². The van der Waals surface area contributed by atoms with E-state index >= 15 is 0 Å². The molecule has 0 aromatic heterocycles. The van der Waals surface area contributed by atoms with E-state index < -0.39 is 10.0 Å². The van der Waals surface area contributed by atoms with Crippen molar-refractivity contribution in [1.82, 2.24) is 10.0 Å².